The van der Waals surface area contributed by atoms with Gasteiger partial charge in [-0.2, -0.15) is 0 Å². The molecule has 0 aliphatic carbocycles. The van der Waals surface area contributed by atoms with Crippen LogP contribution in [-0.2, 0) is 16.1 Å². The molecule has 1 N–H and O–H groups in total. The van der Waals surface area contributed by atoms with Crippen molar-refractivity contribution in [3.63, 3.8) is 0 Å². The SMILES string of the molecule is CCOCCCn1c(SCC(=O)NC(C)C(C)C)nc2ccccc2c1=O. The minimum atomic E-state index is -0.0736. The predicted octanol–water partition coefficient (Wildman–Crippen LogP) is 3.08. The number of hydrogen-bond acceptors (Lipinski definition) is 5. The zero-order valence-corrected chi connectivity index (χ0v) is 17.3. The van der Waals surface area contributed by atoms with Crippen LogP contribution in [0.5, 0.6) is 0 Å². The third-order valence-electron chi connectivity index (χ3n) is 4.42. The van der Waals surface area contributed by atoms with E-state index in [4.69, 9.17) is 4.74 Å². The second kappa shape index (κ2) is 10.5. The van der Waals surface area contributed by atoms with Crippen molar-refractivity contribution in [2.45, 2.75) is 51.9 Å². The zero-order chi connectivity index (χ0) is 19.8. The Morgan fingerprint density at radius 3 is 2.74 bits per heavy atom. The average molecular weight is 392 g/mol. The number of thioether (sulfide) groups is 1. The Morgan fingerprint density at radius 2 is 2.04 bits per heavy atom. The number of fused-ring (bicyclic) bond motifs is 1. The molecule has 0 spiro atoms. The fourth-order valence-corrected chi connectivity index (χ4v) is 3.35. The number of carbonyl (C=O) groups excluding carboxylic acids is 1. The summed E-state index contributed by atoms with van der Waals surface area (Å²) in [5.41, 5.74) is 0.581. The lowest BCUT2D eigenvalue weighted by Gasteiger charge is -2.17. The van der Waals surface area contributed by atoms with Crippen LogP contribution in [0.1, 0.15) is 34.1 Å². The van der Waals surface area contributed by atoms with E-state index in [1.165, 1.54) is 11.8 Å². The molecule has 0 fully saturated rings. The van der Waals surface area contributed by atoms with Gasteiger partial charge in [0.2, 0.25) is 5.91 Å². The summed E-state index contributed by atoms with van der Waals surface area (Å²) >= 11 is 1.30. The standard InChI is InChI=1S/C20H29N3O3S/c1-5-26-12-8-11-23-19(25)16-9-6-7-10-17(16)22-20(23)27-13-18(24)21-15(4)14(2)3/h6-7,9-10,14-15H,5,8,11-13H2,1-4H3,(H,21,24). The third-order valence-corrected chi connectivity index (χ3v) is 5.40. The van der Waals surface area contributed by atoms with Gasteiger partial charge in [-0.05, 0) is 38.3 Å². The van der Waals surface area contributed by atoms with Crippen LogP contribution in [-0.4, -0.2) is 40.5 Å². The maximum atomic E-state index is 12.9. The summed E-state index contributed by atoms with van der Waals surface area (Å²) in [6.07, 6.45) is 0.720. The maximum Gasteiger partial charge on any atom is 0.262 e. The summed E-state index contributed by atoms with van der Waals surface area (Å²) in [5, 5.41) is 4.15. The van der Waals surface area contributed by atoms with Crippen molar-refractivity contribution < 1.29 is 9.53 Å². The minimum Gasteiger partial charge on any atom is -0.382 e. The molecule has 0 saturated carbocycles. The van der Waals surface area contributed by atoms with Crippen molar-refractivity contribution in [3.05, 3.63) is 34.6 Å². The quantitative estimate of drug-likeness (QED) is 0.383. The van der Waals surface area contributed by atoms with Crippen LogP contribution in [0, 0.1) is 5.92 Å². The van der Waals surface area contributed by atoms with Gasteiger partial charge < -0.3 is 10.1 Å². The number of carbonyl (C=O) groups is 1. The molecule has 27 heavy (non-hydrogen) atoms. The maximum absolute atomic E-state index is 12.9. The molecule has 2 rings (SSSR count). The van der Waals surface area contributed by atoms with Gasteiger partial charge in [0.05, 0.1) is 16.7 Å². The molecular weight excluding hydrogens is 362 g/mol. The van der Waals surface area contributed by atoms with Gasteiger partial charge in [0.15, 0.2) is 5.16 Å². The molecule has 1 heterocycles. The van der Waals surface area contributed by atoms with Crippen LogP contribution in [0.2, 0.25) is 0 Å². The van der Waals surface area contributed by atoms with Crippen molar-refractivity contribution in [1.82, 2.24) is 14.9 Å². The van der Waals surface area contributed by atoms with Gasteiger partial charge in [0.1, 0.15) is 0 Å². The Kier molecular flexibility index (Phi) is 8.31. The third kappa shape index (κ3) is 6.07. The van der Waals surface area contributed by atoms with E-state index in [2.05, 4.69) is 24.1 Å². The Morgan fingerprint density at radius 1 is 1.30 bits per heavy atom. The molecule has 0 aliphatic rings. The summed E-state index contributed by atoms with van der Waals surface area (Å²) in [6, 6.07) is 7.42. The Labute approximate surface area is 164 Å². The zero-order valence-electron chi connectivity index (χ0n) is 16.5. The van der Waals surface area contributed by atoms with E-state index in [1.54, 1.807) is 10.6 Å². The number of rotatable bonds is 10. The van der Waals surface area contributed by atoms with E-state index in [0.29, 0.717) is 41.7 Å². The molecule has 7 heteroatoms. The highest BCUT2D eigenvalue weighted by Gasteiger charge is 2.15. The highest BCUT2D eigenvalue weighted by Crippen LogP contribution is 2.18. The lowest BCUT2D eigenvalue weighted by molar-refractivity contribution is -0.119. The number of aromatic nitrogens is 2. The Balaban J connectivity index is 2.19. The van der Waals surface area contributed by atoms with E-state index < -0.39 is 0 Å². The summed E-state index contributed by atoms with van der Waals surface area (Å²) < 4.78 is 7.04. The molecule has 0 radical (unpaired) electrons. The van der Waals surface area contributed by atoms with Gasteiger partial charge in [-0.1, -0.05) is 37.7 Å². The lowest BCUT2D eigenvalue weighted by atomic mass is 10.1. The largest absolute Gasteiger partial charge is 0.382 e. The Hall–Kier alpha value is -1.86. The van der Waals surface area contributed by atoms with Crippen LogP contribution in [0.15, 0.2) is 34.2 Å². The van der Waals surface area contributed by atoms with E-state index in [9.17, 15) is 9.59 Å². The van der Waals surface area contributed by atoms with Gasteiger partial charge in [-0.3, -0.25) is 14.2 Å². The monoisotopic (exact) mass is 391 g/mol. The van der Waals surface area contributed by atoms with Gasteiger partial charge in [-0.15, -0.1) is 0 Å². The number of hydrogen-bond donors (Lipinski definition) is 1. The first-order chi connectivity index (χ1) is 12.9. The van der Waals surface area contributed by atoms with Crippen LogP contribution in [0.25, 0.3) is 10.9 Å². The fourth-order valence-electron chi connectivity index (χ4n) is 2.52. The Bertz CT molecular complexity index is 820. The minimum absolute atomic E-state index is 0.0514. The molecule has 6 nitrogen and oxygen atoms in total. The molecule has 1 amide bonds. The molecule has 1 aromatic heterocycles. The van der Waals surface area contributed by atoms with Crippen molar-refractivity contribution in [3.8, 4) is 0 Å². The molecule has 0 saturated heterocycles. The average Bonchev–Trinajstić information content (AvgIpc) is 2.65. The summed E-state index contributed by atoms with van der Waals surface area (Å²) in [6.45, 7) is 9.83. The number of benzene rings is 1. The first kappa shape index (κ1) is 21.4. The summed E-state index contributed by atoms with van der Waals surface area (Å²) in [7, 11) is 0. The molecular formula is C20H29N3O3S. The smallest absolute Gasteiger partial charge is 0.262 e. The second-order valence-corrected chi connectivity index (χ2v) is 7.75. The normalized spacial score (nSPS) is 12.5. The van der Waals surface area contributed by atoms with Crippen LogP contribution in [0.4, 0.5) is 0 Å². The second-order valence-electron chi connectivity index (χ2n) is 6.81. The molecule has 0 aliphatic heterocycles. The summed E-state index contributed by atoms with van der Waals surface area (Å²) in [4.78, 5) is 29.7. The van der Waals surface area contributed by atoms with Gasteiger partial charge in [-0.25, -0.2) is 4.98 Å². The highest BCUT2D eigenvalue weighted by molar-refractivity contribution is 7.99. The summed E-state index contributed by atoms with van der Waals surface area (Å²) in [5.74, 6) is 0.548. The van der Waals surface area contributed by atoms with E-state index in [-0.39, 0.29) is 23.3 Å². The number of nitrogens with zero attached hydrogens (tertiary/aromatic N) is 2. The first-order valence-electron chi connectivity index (χ1n) is 9.43. The van der Waals surface area contributed by atoms with Crippen LogP contribution >= 0.6 is 11.8 Å². The topological polar surface area (TPSA) is 73.2 Å². The predicted molar refractivity (Wildman–Crippen MR) is 110 cm³/mol. The lowest BCUT2D eigenvalue weighted by Crippen LogP contribution is -2.37. The van der Waals surface area contributed by atoms with Crippen molar-refractivity contribution in [1.29, 1.82) is 0 Å². The van der Waals surface area contributed by atoms with E-state index >= 15 is 0 Å². The van der Waals surface area contributed by atoms with Gasteiger partial charge in [0.25, 0.3) is 5.56 Å². The van der Waals surface area contributed by atoms with E-state index in [0.717, 1.165) is 6.42 Å². The molecule has 1 aromatic carbocycles. The van der Waals surface area contributed by atoms with Gasteiger partial charge in [0, 0.05) is 25.8 Å². The van der Waals surface area contributed by atoms with Crippen LogP contribution in [0.3, 0.4) is 0 Å². The number of para-hydroxylation sites is 1. The number of ether oxygens (including phenoxy) is 1. The first-order valence-corrected chi connectivity index (χ1v) is 10.4. The van der Waals surface area contributed by atoms with Crippen LogP contribution < -0.4 is 10.9 Å². The highest BCUT2D eigenvalue weighted by atomic mass is 32.2. The molecule has 2 aromatic rings. The molecule has 1 atom stereocenters. The van der Waals surface area contributed by atoms with Crippen molar-refractivity contribution in [2.75, 3.05) is 19.0 Å². The fraction of sp³-hybridized carbons (Fsp3) is 0.550. The molecule has 0 bridgehead atoms. The van der Waals surface area contributed by atoms with Crippen molar-refractivity contribution >= 4 is 28.6 Å². The number of amides is 1. The van der Waals surface area contributed by atoms with E-state index in [1.807, 2.05) is 32.0 Å². The van der Waals surface area contributed by atoms with Gasteiger partial charge >= 0.3 is 0 Å². The van der Waals surface area contributed by atoms with Crippen molar-refractivity contribution in [2.24, 2.45) is 5.92 Å². The molecule has 148 valence electrons. The number of nitrogens with one attached hydrogen (secondary N) is 1. The molecule has 1 unspecified atom stereocenters.